The summed E-state index contributed by atoms with van der Waals surface area (Å²) in [4.78, 5) is 21.3. The van der Waals surface area contributed by atoms with Gasteiger partial charge in [-0.15, -0.1) is 0 Å². The molecule has 0 N–H and O–H groups in total. The standard InChI is InChI=1S/C23H24F2N4O2/c1-15(17-3-6-20(24)21(25)10-17)31-9-8-23(30)28-13-18-4-5-19(14-28)29(18)22-7-2-16(11-26)12-27-22/h2-3,6-7,10,12,15,18-19H,4-5,8-9,13-14H2,1H3/t15-,18?,19?/m1/s1. The molecular formula is C23H24F2N4O2. The highest BCUT2D eigenvalue weighted by Gasteiger charge is 2.41. The van der Waals surface area contributed by atoms with Gasteiger partial charge in [0, 0.05) is 31.4 Å². The summed E-state index contributed by atoms with van der Waals surface area (Å²) in [6, 6.07) is 9.83. The first-order chi connectivity index (χ1) is 15.0. The summed E-state index contributed by atoms with van der Waals surface area (Å²) >= 11 is 0. The smallest absolute Gasteiger partial charge is 0.225 e. The molecule has 3 heterocycles. The molecule has 2 bridgehead atoms. The second-order valence-electron chi connectivity index (χ2n) is 8.04. The molecule has 2 fully saturated rings. The van der Waals surface area contributed by atoms with E-state index < -0.39 is 17.7 Å². The number of ether oxygens (including phenoxy) is 1. The van der Waals surface area contributed by atoms with Crippen LogP contribution in [0.15, 0.2) is 36.5 Å². The summed E-state index contributed by atoms with van der Waals surface area (Å²) < 4.78 is 32.2. The largest absolute Gasteiger partial charge is 0.373 e. The fourth-order valence-corrected chi connectivity index (χ4v) is 4.43. The zero-order valence-electron chi connectivity index (χ0n) is 17.3. The minimum absolute atomic E-state index is 0.0295. The van der Waals surface area contributed by atoms with Gasteiger partial charge in [-0.2, -0.15) is 5.26 Å². The van der Waals surface area contributed by atoms with Gasteiger partial charge >= 0.3 is 0 Å². The number of nitrogens with zero attached hydrogens (tertiary/aromatic N) is 4. The third-order valence-electron chi connectivity index (χ3n) is 6.07. The Balaban J connectivity index is 1.29. The molecule has 6 nitrogen and oxygen atoms in total. The second kappa shape index (κ2) is 8.98. The van der Waals surface area contributed by atoms with Crippen LogP contribution in [0.5, 0.6) is 0 Å². The number of pyridine rings is 1. The van der Waals surface area contributed by atoms with Crippen LogP contribution in [-0.4, -0.2) is 47.6 Å². The maximum absolute atomic E-state index is 13.4. The maximum atomic E-state index is 13.4. The van der Waals surface area contributed by atoms with E-state index in [1.165, 1.54) is 6.07 Å². The first-order valence-electron chi connectivity index (χ1n) is 10.4. The number of amides is 1. The summed E-state index contributed by atoms with van der Waals surface area (Å²) in [5.74, 6) is -0.922. The molecule has 0 saturated carbocycles. The lowest BCUT2D eigenvalue weighted by Crippen LogP contribution is -2.55. The van der Waals surface area contributed by atoms with Crippen molar-refractivity contribution < 1.29 is 18.3 Å². The number of hydrogen-bond acceptors (Lipinski definition) is 5. The first-order valence-corrected chi connectivity index (χ1v) is 10.4. The van der Waals surface area contributed by atoms with Crippen LogP contribution in [0.25, 0.3) is 0 Å². The molecule has 2 unspecified atom stereocenters. The number of piperazine rings is 1. The first kappa shape index (κ1) is 21.2. The second-order valence-corrected chi connectivity index (χ2v) is 8.04. The van der Waals surface area contributed by atoms with E-state index in [0.717, 1.165) is 30.8 Å². The van der Waals surface area contributed by atoms with Gasteiger partial charge in [0.15, 0.2) is 11.6 Å². The van der Waals surface area contributed by atoms with E-state index in [0.29, 0.717) is 24.2 Å². The molecular weight excluding hydrogens is 402 g/mol. The Hall–Kier alpha value is -3.05. The number of benzene rings is 1. The Labute approximate surface area is 180 Å². The molecule has 1 amide bonds. The lowest BCUT2D eigenvalue weighted by Gasteiger charge is -2.41. The molecule has 4 rings (SSSR count). The van der Waals surface area contributed by atoms with E-state index in [1.807, 2.05) is 11.0 Å². The maximum Gasteiger partial charge on any atom is 0.225 e. The van der Waals surface area contributed by atoms with Crippen molar-refractivity contribution in [2.24, 2.45) is 0 Å². The average Bonchev–Trinajstić information content (AvgIpc) is 3.04. The van der Waals surface area contributed by atoms with Crippen molar-refractivity contribution in [3.05, 3.63) is 59.3 Å². The summed E-state index contributed by atoms with van der Waals surface area (Å²) in [5, 5.41) is 8.95. The summed E-state index contributed by atoms with van der Waals surface area (Å²) in [6.45, 7) is 3.23. The molecule has 0 aliphatic carbocycles. The molecule has 1 aromatic carbocycles. The van der Waals surface area contributed by atoms with Crippen molar-refractivity contribution >= 4 is 11.7 Å². The molecule has 2 saturated heterocycles. The third kappa shape index (κ3) is 4.52. The van der Waals surface area contributed by atoms with Crippen LogP contribution < -0.4 is 4.90 Å². The Morgan fingerprint density at radius 2 is 1.97 bits per heavy atom. The zero-order chi connectivity index (χ0) is 22.0. The number of carbonyl (C=O) groups is 1. The lowest BCUT2D eigenvalue weighted by atomic mass is 10.1. The van der Waals surface area contributed by atoms with Crippen LogP contribution in [0, 0.1) is 23.0 Å². The van der Waals surface area contributed by atoms with Gasteiger partial charge in [0.1, 0.15) is 11.9 Å². The number of likely N-dealkylation sites (tertiary alicyclic amines) is 1. The Morgan fingerprint density at radius 1 is 1.23 bits per heavy atom. The number of carbonyl (C=O) groups excluding carboxylic acids is 1. The van der Waals surface area contributed by atoms with E-state index in [4.69, 9.17) is 10.00 Å². The number of aromatic nitrogens is 1. The minimum atomic E-state index is -0.908. The lowest BCUT2D eigenvalue weighted by molar-refractivity contribution is -0.133. The normalized spacial score (nSPS) is 21.1. The fraction of sp³-hybridized carbons (Fsp3) is 0.435. The van der Waals surface area contributed by atoms with Crippen molar-refractivity contribution in [3.8, 4) is 6.07 Å². The Bertz CT molecular complexity index is 978. The van der Waals surface area contributed by atoms with Gasteiger partial charge in [-0.1, -0.05) is 6.07 Å². The van der Waals surface area contributed by atoms with E-state index >= 15 is 0 Å². The highest BCUT2D eigenvalue weighted by molar-refractivity contribution is 5.77. The van der Waals surface area contributed by atoms with E-state index in [-0.39, 0.29) is 31.0 Å². The van der Waals surface area contributed by atoms with Crippen LogP contribution in [0.4, 0.5) is 14.6 Å². The van der Waals surface area contributed by atoms with Crippen LogP contribution in [0.3, 0.4) is 0 Å². The van der Waals surface area contributed by atoms with Crippen molar-refractivity contribution in [2.75, 3.05) is 24.6 Å². The SMILES string of the molecule is C[C@@H](OCCC(=O)N1CC2CCC(C1)N2c1ccc(C#N)cn1)c1ccc(F)c(F)c1. The van der Waals surface area contributed by atoms with Crippen molar-refractivity contribution in [2.45, 2.75) is 44.4 Å². The van der Waals surface area contributed by atoms with Gasteiger partial charge < -0.3 is 14.5 Å². The monoisotopic (exact) mass is 426 g/mol. The minimum Gasteiger partial charge on any atom is -0.373 e. The number of fused-ring (bicyclic) bond motifs is 2. The fourth-order valence-electron chi connectivity index (χ4n) is 4.43. The highest BCUT2D eigenvalue weighted by atomic mass is 19.2. The van der Waals surface area contributed by atoms with Crippen LogP contribution in [-0.2, 0) is 9.53 Å². The molecule has 2 aromatic rings. The molecule has 2 aliphatic heterocycles. The van der Waals surface area contributed by atoms with E-state index in [9.17, 15) is 13.6 Å². The predicted molar refractivity (Wildman–Crippen MR) is 110 cm³/mol. The van der Waals surface area contributed by atoms with Crippen molar-refractivity contribution in [1.29, 1.82) is 5.26 Å². The quantitative estimate of drug-likeness (QED) is 0.706. The van der Waals surface area contributed by atoms with Gasteiger partial charge in [0.25, 0.3) is 0 Å². The predicted octanol–water partition coefficient (Wildman–Crippen LogP) is 3.58. The number of anilines is 1. The van der Waals surface area contributed by atoms with Gasteiger partial charge in [-0.05, 0) is 49.6 Å². The molecule has 2 aliphatic rings. The topological polar surface area (TPSA) is 69.5 Å². The molecule has 162 valence electrons. The van der Waals surface area contributed by atoms with Crippen LogP contribution >= 0.6 is 0 Å². The molecule has 0 spiro atoms. The Morgan fingerprint density at radius 3 is 2.58 bits per heavy atom. The average molecular weight is 426 g/mol. The molecule has 3 atom stereocenters. The van der Waals surface area contributed by atoms with Gasteiger partial charge in [-0.3, -0.25) is 4.79 Å². The molecule has 8 heteroatoms. The summed E-state index contributed by atoms with van der Waals surface area (Å²) in [7, 11) is 0. The number of rotatable bonds is 6. The highest BCUT2D eigenvalue weighted by Crippen LogP contribution is 2.34. The number of nitriles is 1. The molecule has 31 heavy (non-hydrogen) atoms. The van der Waals surface area contributed by atoms with Gasteiger partial charge in [0.05, 0.1) is 24.7 Å². The van der Waals surface area contributed by atoms with Crippen molar-refractivity contribution in [1.82, 2.24) is 9.88 Å². The van der Waals surface area contributed by atoms with Crippen LogP contribution in [0.1, 0.15) is 43.4 Å². The van der Waals surface area contributed by atoms with E-state index in [1.54, 1.807) is 19.2 Å². The number of hydrogen-bond donors (Lipinski definition) is 0. The zero-order valence-corrected chi connectivity index (χ0v) is 17.3. The summed E-state index contributed by atoms with van der Waals surface area (Å²) in [6.07, 6.45) is 3.39. The summed E-state index contributed by atoms with van der Waals surface area (Å²) in [5.41, 5.74) is 1.07. The molecule has 0 radical (unpaired) electrons. The van der Waals surface area contributed by atoms with E-state index in [2.05, 4.69) is 16.0 Å². The van der Waals surface area contributed by atoms with Gasteiger partial charge in [-0.25, -0.2) is 13.8 Å². The van der Waals surface area contributed by atoms with Crippen molar-refractivity contribution in [3.63, 3.8) is 0 Å². The number of halogens is 2. The Kier molecular flexibility index (Phi) is 6.14. The van der Waals surface area contributed by atoms with Gasteiger partial charge in [0.2, 0.25) is 5.91 Å². The molecule has 1 aromatic heterocycles. The third-order valence-corrected chi connectivity index (χ3v) is 6.07. The van der Waals surface area contributed by atoms with Crippen LogP contribution in [0.2, 0.25) is 0 Å².